The van der Waals surface area contributed by atoms with E-state index in [-0.39, 0.29) is 24.0 Å². The Morgan fingerprint density at radius 3 is 2.65 bits per heavy atom. The van der Waals surface area contributed by atoms with Crippen molar-refractivity contribution in [3.05, 3.63) is 52.9 Å². The summed E-state index contributed by atoms with van der Waals surface area (Å²) in [6.07, 6.45) is 2.87. The first-order valence-corrected chi connectivity index (χ1v) is 7.03. The number of ether oxygens (including phenoxy) is 2. The Bertz CT molecular complexity index is 743. The number of Topliss-reactive ketones (excluding diaryl/α,β-unsaturated/α-hetero) is 1. The van der Waals surface area contributed by atoms with Crippen molar-refractivity contribution >= 4 is 11.4 Å². The second kappa shape index (κ2) is 5.64. The van der Waals surface area contributed by atoms with Gasteiger partial charge in [0.1, 0.15) is 5.82 Å². The minimum atomic E-state index is -1.29. The Kier molecular flexibility index (Phi) is 3.79. The van der Waals surface area contributed by atoms with Gasteiger partial charge in [-0.1, -0.05) is 0 Å². The summed E-state index contributed by atoms with van der Waals surface area (Å²) < 4.78 is 51.8. The molecule has 2 N–H and O–H groups in total. The van der Waals surface area contributed by atoms with E-state index in [1.807, 2.05) is 0 Å². The van der Waals surface area contributed by atoms with Crippen LogP contribution in [0.2, 0.25) is 0 Å². The van der Waals surface area contributed by atoms with E-state index >= 15 is 0 Å². The number of hydrogen-bond donors (Lipinski definition) is 1. The summed E-state index contributed by atoms with van der Waals surface area (Å²) in [5.74, 6) is -4.70. The summed E-state index contributed by atoms with van der Waals surface area (Å²) in [5.41, 5.74) is 4.54. The van der Waals surface area contributed by atoms with Crippen LogP contribution in [0.15, 0.2) is 24.3 Å². The number of halogens is 3. The van der Waals surface area contributed by atoms with E-state index in [0.29, 0.717) is 12.5 Å². The summed E-state index contributed by atoms with van der Waals surface area (Å²) in [4.78, 5) is 12.5. The van der Waals surface area contributed by atoms with Gasteiger partial charge in [0.2, 0.25) is 5.78 Å². The summed E-state index contributed by atoms with van der Waals surface area (Å²) >= 11 is 0. The molecule has 2 aliphatic heterocycles. The van der Waals surface area contributed by atoms with Crippen LogP contribution in [0, 0.1) is 30.3 Å². The normalized spacial score (nSPS) is 23.9. The molecule has 0 spiro atoms. The van der Waals surface area contributed by atoms with E-state index in [2.05, 4.69) is 0 Å². The van der Waals surface area contributed by atoms with Crippen LogP contribution in [0.1, 0.15) is 17.5 Å². The molecule has 23 heavy (non-hydrogen) atoms. The summed E-state index contributed by atoms with van der Waals surface area (Å²) in [5, 5.41) is 0. The maximum Gasteiger partial charge on any atom is 0.209 e. The number of ketones is 1. The van der Waals surface area contributed by atoms with Crippen molar-refractivity contribution in [3.8, 4) is 0 Å². The molecule has 1 aromatic rings. The number of hydrogen-bond acceptors (Lipinski definition) is 4. The fourth-order valence-electron chi connectivity index (χ4n) is 2.76. The Labute approximate surface area is 130 Å². The van der Waals surface area contributed by atoms with E-state index in [1.54, 1.807) is 6.08 Å². The highest BCUT2D eigenvalue weighted by Crippen LogP contribution is 2.35. The van der Waals surface area contributed by atoms with Gasteiger partial charge in [0.25, 0.3) is 0 Å². The second-order valence-electron chi connectivity index (χ2n) is 5.50. The van der Waals surface area contributed by atoms with E-state index in [9.17, 15) is 18.0 Å². The molecule has 0 aromatic heterocycles. The molecule has 0 bridgehead atoms. The molecule has 0 amide bonds. The molecule has 2 atom stereocenters. The number of carbonyl (C=O) groups is 1. The molecule has 0 fully saturated rings. The van der Waals surface area contributed by atoms with E-state index in [4.69, 9.17) is 15.2 Å². The third kappa shape index (κ3) is 2.46. The van der Waals surface area contributed by atoms with Gasteiger partial charge in [0.05, 0.1) is 18.4 Å². The van der Waals surface area contributed by atoms with Crippen LogP contribution >= 0.6 is 0 Å². The zero-order valence-electron chi connectivity index (χ0n) is 12.2. The van der Waals surface area contributed by atoms with Crippen molar-refractivity contribution in [2.24, 2.45) is 11.7 Å². The average molecular weight is 325 g/mol. The van der Waals surface area contributed by atoms with Gasteiger partial charge in [-0.05, 0) is 25.5 Å². The molecule has 0 radical (unpaired) electrons. The number of rotatable bonds is 2. The van der Waals surface area contributed by atoms with Gasteiger partial charge >= 0.3 is 0 Å². The second-order valence-corrected chi connectivity index (χ2v) is 5.50. The first-order chi connectivity index (χ1) is 10.9. The van der Waals surface area contributed by atoms with Crippen molar-refractivity contribution in [3.63, 3.8) is 0 Å². The van der Waals surface area contributed by atoms with Crippen molar-refractivity contribution in [2.75, 3.05) is 6.61 Å². The molecule has 0 saturated carbocycles. The first-order valence-electron chi connectivity index (χ1n) is 7.03. The summed E-state index contributed by atoms with van der Waals surface area (Å²) in [6.45, 7) is 1.35. The van der Waals surface area contributed by atoms with Crippen LogP contribution < -0.4 is 5.73 Å². The molecule has 1 aromatic carbocycles. The monoisotopic (exact) mass is 325 g/mol. The molecule has 3 rings (SSSR count). The quantitative estimate of drug-likeness (QED) is 0.849. The Balaban J connectivity index is 1.99. The molecule has 4 nitrogen and oxygen atoms in total. The molecular formula is C16H14F3NO3. The molecule has 0 aliphatic carbocycles. The van der Waals surface area contributed by atoms with Crippen LogP contribution in [0.5, 0.6) is 0 Å². The maximum atomic E-state index is 14.3. The third-order valence-corrected chi connectivity index (χ3v) is 4.02. The van der Waals surface area contributed by atoms with Crippen molar-refractivity contribution in [1.29, 1.82) is 0 Å². The fourth-order valence-corrected chi connectivity index (χ4v) is 2.76. The highest BCUT2D eigenvalue weighted by Gasteiger charge is 2.41. The minimum absolute atomic E-state index is 0.257. The van der Waals surface area contributed by atoms with Gasteiger partial charge in [-0.25, -0.2) is 13.2 Å². The van der Waals surface area contributed by atoms with Gasteiger partial charge in [-0.2, -0.15) is 0 Å². The minimum Gasteiger partial charge on any atom is -0.501 e. The van der Waals surface area contributed by atoms with Crippen LogP contribution in [0.4, 0.5) is 13.2 Å². The highest BCUT2D eigenvalue weighted by molar-refractivity contribution is 6.25. The van der Waals surface area contributed by atoms with Gasteiger partial charge in [-0.3, -0.25) is 4.79 Å². The Morgan fingerprint density at radius 1 is 1.26 bits per heavy atom. The lowest BCUT2D eigenvalue weighted by molar-refractivity contribution is -0.123. The standard InChI is InChI=1S/C16H14F3NO3/c1-7-12(18)9(5-10(17)13(7)19)11-14(21)15(23-16(11)20)8-3-2-4-22-6-8/h2,4-5,8,15H,3,6,20H2,1H3. The van der Waals surface area contributed by atoms with Gasteiger partial charge in [-0.15, -0.1) is 0 Å². The molecule has 2 unspecified atom stereocenters. The third-order valence-electron chi connectivity index (χ3n) is 4.02. The number of benzene rings is 1. The maximum absolute atomic E-state index is 14.3. The van der Waals surface area contributed by atoms with E-state index in [0.717, 1.165) is 6.92 Å². The van der Waals surface area contributed by atoms with Crippen molar-refractivity contribution < 1.29 is 27.4 Å². The first kappa shape index (κ1) is 15.5. The number of nitrogens with two attached hydrogens (primary N) is 1. The zero-order chi connectivity index (χ0) is 16.7. The predicted octanol–water partition coefficient (Wildman–Crippen LogP) is 2.56. The van der Waals surface area contributed by atoms with Crippen LogP contribution in [-0.4, -0.2) is 18.5 Å². The van der Waals surface area contributed by atoms with Crippen LogP contribution in [0.25, 0.3) is 5.57 Å². The predicted molar refractivity (Wildman–Crippen MR) is 75.2 cm³/mol. The highest BCUT2D eigenvalue weighted by atomic mass is 19.2. The summed E-state index contributed by atoms with van der Waals surface area (Å²) in [7, 11) is 0. The lowest BCUT2D eigenvalue weighted by Gasteiger charge is -2.23. The molecular weight excluding hydrogens is 311 g/mol. The molecule has 0 saturated heterocycles. The SMILES string of the molecule is Cc1c(F)c(F)cc(C2=C(N)OC(C3CC=COC3)C2=O)c1F. The molecule has 7 heteroatoms. The molecule has 2 heterocycles. The lowest BCUT2D eigenvalue weighted by atomic mass is 9.90. The zero-order valence-corrected chi connectivity index (χ0v) is 12.2. The number of allylic oxidation sites excluding steroid dienone is 1. The van der Waals surface area contributed by atoms with E-state index in [1.165, 1.54) is 6.26 Å². The lowest BCUT2D eigenvalue weighted by Crippen LogP contribution is -2.32. The van der Waals surface area contributed by atoms with Crippen LogP contribution in [0.3, 0.4) is 0 Å². The van der Waals surface area contributed by atoms with Gasteiger partial charge in [0, 0.05) is 17.0 Å². The molecule has 2 aliphatic rings. The van der Waals surface area contributed by atoms with Crippen LogP contribution in [-0.2, 0) is 14.3 Å². The van der Waals surface area contributed by atoms with Crippen molar-refractivity contribution in [2.45, 2.75) is 19.4 Å². The fraction of sp³-hybridized carbons (Fsp3) is 0.312. The smallest absolute Gasteiger partial charge is 0.209 e. The van der Waals surface area contributed by atoms with Gasteiger partial charge in [0.15, 0.2) is 23.6 Å². The Hall–Kier alpha value is -2.44. The van der Waals surface area contributed by atoms with Crippen molar-refractivity contribution in [1.82, 2.24) is 0 Å². The summed E-state index contributed by atoms with van der Waals surface area (Å²) in [6, 6.07) is 0.626. The van der Waals surface area contributed by atoms with Gasteiger partial charge < -0.3 is 15.2 Å². The molecule has 122 valence electrons. The largest absolute Gasteiger partial charge is 0.501 e. The van der Waals surface area contributed by atoms with E-state index < -0.39 is 40.5 Å². The Morgan fingerprint density at radius 2 is 2.00 bits per heavy atom. The number of carbonyl (C=O) groups excluding carboxylic acids is 1. The average Bonchev–Trinajstić information content (AvgIpc) is 2.85. The topological polar surface area (TPSA) is 61.6 Å².